The number of amides is 1. The molecule has 1 aliphatic rings. The Kier molecular flexibility index (Phi) is 6.72. The molecule has 0 bridgehead atoms. The van der Waals surface area contributed by atoms with Gasteiger partial charge in [0.1, 0.15) is 0 Å². The fraction of sp³-hybridized carbons (Fsp3) is 0.846. The minimum Gasteiger partial charge on any atom is -0.481 e. The van der Waals surface area contributed by atoms with E-state index in [1.807, 2.05) is 0 Å². The summed E-state index contributed by atoms with van der Waals surface area (Å²) < 4.78 is 0. The van der Waals surface area contributed by atoms with Crippen LogP contribution in [0.25, 0.3) is 0 Å². The number of nitrogens with zero attached hydrogens (tertiary/aromatic N) is 1. The quantitative estimate of drug-likeness (QED) is 0.719. The van der Waals surface area contributed by atoms with Crippen LogP contribution in [0.5, 0.6) is 0 Å². The molecule has 5 nitrogen and oxygen atoms in total. The lowest BCUT2D eigenvalue weighted by Gasteiger charge is -2.32. The number of hydrogen-bond donors (Lipinski definition) is 2. The van der Waals surface area contributed by atoms with Crippen LogP contribution in [0.1, 0.15) is 45.4 Å². The predicted octanol–water partition coefficient (Wildman–Crippen LogP) is 1.23. The van der Waals surface area contributed by atoms with E-state index in [-0.39, 0.29) is 24.8 Å². The van der Waals surface area contributed by atoms with E-state index in [4.69, 9.17) is 5.11 Å². The average molecular weight is 256 g/mol. The van der Waals surface area contributed by atoms with Crippen LogP contribution in [-0.4, -0.2) is 47.6 Å². The maximum Gasteiger partial charge on any atom is 0.303 e. The second-order valence-electron chi connectivity index (χ2n) is 4.93. The predicted molar refractivity (Wildman–Crippen MR) is 69.4 cm³/mol. The van der Waals surface area contributed by atoms with Gasteiger partial charge in [0.25, 0.3) is 0 Å². The van der Waals surface area contributed by atoms with Crippen molar-refractivity contribution >= 4 is 11.9 Å². The van der Waals surface area contributed by atoms with Gasteiger partial charge in [-0.3, -0.25) is 9.59 Å². The molecule has 18 heavy (non-hydrogen) atoms. The zero-order valence-corrected chi connectivity index (χ0v) is 11.2. The number of carboxylic acids is 1. The van der Waals surface area contributed by atoms with E-state index in [0.29, 0.717) is 0 Å². The van der Waals surface area contributed by atoms with E-state index in [0.717, 1.165) is 32.5 Å². The Morgan fingerprint density at radius 1 is 1.28 bits per heavy atom. The van der Waals surface area contributed by atoms with Gasteiger partial charge in [-0.2, -0.15) is 0 Å². The molecule has 0 spiro atoms. The number of piperidine rings is 1. The van der Waals surface area contributed by atoms with Crippen LogP contribution in [0.2, 0.25) is 0 Å². The van der Waals surface area contributed by atoms with Crippen molar-refractivity contribution in [1.82, 2.24) is 10.2 Å². The van der Waals surface area contributed by atoms with Crippen LogP contribution in [0, 0.1) is 0 Å². The van der Waals surface area contributed by atoms with Gasteiger partial charge >= 0.3 is 5.97 Å². The first-order valence-electron chi connectivity index (χ1n) is 6.85. The molecule has 1 amide bonds. The minimum atomic E-state index is -0.917. The normalized spacial score (nSPS) is 17.6. The summed E-state index contributed by atoms with van der Waals surface area (Å²) in [5.74, 6) is -1.05. The largest absolute Gasteiger partial charge is 0.481 e. The Balaban J connectivity index is 2.14. The molecule has 0 unspecified atom stereocenters. The number of carboxylic acid groups (broad SMARTS) is 1. The molecule has 2 N–H and O–H groups in total. The number of rotatable bonds is 7. The maximum atomic E-state index is 11.5. The molecule has 1 saturated heterocycles. The molecular formula is C13H24N2O3. The average Bonchev–Trinajstić information content (AvgIpc) is 2.35. The second kappa shape index (κ2) is 8.08. The summed E-state index contributed by atoms with van der Waals surface area (Å²) in [5, 5.41) is 11.4. The molecule has 104 valence electrons. The van der Waals surface area contributed by atoms with Crippen LogP contribution >= 0.6 is 0 Å². The van der Waals surface area contributed by atoms with Gasteiger partial charge in [-0.25, -0.2) is 0 Å². The van der Waals surface area contributed by atoms with Crippen molar-refractivity contribution in [3.63, 3.8) is 0 Å². The van der Waals surface area contributed by atoms with Crippen molar-refractivity contribution in [2.45, 2.75) is 51.5 Å². The first-order chi connectivity index (χ1) is 8.61. The van der Waals surface area contributed by atoms with Gasteiger partial charge in [-0.1, -0.05) is 13.3 Å². The summed E-state index contributed by atoms with van der Waals surface area (Å²) in [4.78, 5) is 24.3. The van der Waals surface area contributed by atoms with Crippen molar-refractivity contribution < 1.29 is 14.7 Å². The molecule has 0 aromatic rings. The monoisotopic (exact) mass is 256 g/mol. The van der Waals surface area contributed by atoms with Crippen LogP contribution in [0.4, 0.5) is 0 Å². The molecule has 1 aliphatic heterocycles. The summed E-state index contributed by atoms with van der Waals surface area (Å²) in [7, 11) is 0. The highest BCUT2D eigenvalue weighted by Gasteiger charge is 2.20. The molecule has 1 rings (SSSR count). The van der Waals surface area contributed by atoms with Gasteiger partial charge in [0.05, 0.1) is 6.42 Å². The SMILES string of the molecule is CCCCN1CCC(NC(=O)CCC(=O)O)CC1. The lowest BCUT2D eigenvalue weighted by molar-refractivity contribution is -0.139. The first kappa shape index (κ1) is 15.0. The van der Waals surface area contributed by atoms with E-state index in [9.17, 15) is 9.59 Å². The number of nitrogens with one attached hydrogen (secondary N) is 1. The lowest BCUT2D eigenvalue weighted by atomic mass is 10.0. The van der Waals surface area contributed by atoms with Crippen molar-refractivity contribution in [3.05, 3.63) is 0 Å². The third-order valence-corrected chi connectivity index (χ3v) is 3.35. The fourth-order valence-electron chi connectivity index (χ4n) is 2.20. The van der Waals surface area contributed by atoms with E-state index in [1.165, 1.54) is 12.8 Å². The molecule has 0 aliphatic carbocycles. The van der Waals surface area contributed by atoms with Crippen LogP contribution in [-0.2, 0) is 9.59 Å². The number of carbonyl (C=O) groups excluding carboxylic acids is 1. The third-order valence-electron chi connectivity index (χ3n) is 3.35. The van der Waals surface area contributed by atoms with E-state index in [2.05, 4.69) is 17.1 Å². The highest BCUT2D eigenvalue weighted by atomic mass is 16.4. The molecule has 0 saturated carbocycles. The van der Waals surface area contributed by atoms with Gasteiger partial charge < -0.3 is 15.3 Å². The zero-order chi connectivity index (χ0) is 13.4. The van der Waals surface area contributed by atoms with Gasteiger partial charge in [0.2, 0.25) is 5.91 Å². The summed E-state index contributed by atoms with van der Waals surface area (Å²) >= 11 is 0. The van der Waals surface area contributed by atoms with Crippen molar-refractivity contribution in [1.29, 1.82) is 0 Å². The molecule has 1 fully saturated rings. The zero-order valence-electron chi connectivity index (χ0n) is 11.2. The van der Waals surface area contributed by atoms with Crippen LogP contribution in [0.15, 0.2) is 0 Å². The fourth-order valence-corrected chi connectivity index (χ4v) is 2.20. The molecular weight excluding hydrogens is 232 g/mol. The lowest BCUT2D eigenvalue weighted by Crippen LogP contribution is -2.44. The van der Waals surface area contributed by atoms with Crippen molar-refractivity contribution in [3.8, 4) is 0 Å². The topological polar surface area (TPSA) is 69.6 Å². The summed E-state index contributed by atoms with van der Waals surface area (Å²) in [6, 6.07) is 0.226. The number of likely N-dealkylation sites (tertiary alicyclic amines) is 1. The summed E-state index contributed by atoms with van der Waals surface area (Å²) in [6.07, 6.45) is 4.40. The van der Waals surface area contributed by atoms with Gasteiger partial charge in [0.15, 0.2) is 0 Å². The third kappa shape index (κ3) is 6.00. The Morgan fingerprint density at radius 2 is 1.94 bits per heavy atom. The van der Waals surface area contributed by atoms with Gasteiger partial charge in [-0.05, 0) is 25.8 Å². The van der Waals surface area contributed by atoms with Gasteiger partial charge in [0, 0.05) is 25.6 Å². The first-order valence-corrected chi connectivity index (χ1v) is 6.85. The molecule has 0 aromatic carbocycles. The number of carbonyl (C=O) groups is 2. The molecule has 5 heteroatoms. The van der Waals surface area contributed by atoms with Gasteiger partial charge in [-0.15, -0.1) is 0 Å². The standard InChI is InChI=1S/C13H24N2O3/c1-2-3-8-15-9-6-11(7-10-15)14-12(16)4-5-13(17)18/h11H,2-10H2,1H3,(H,14,16)(H,17,18). The number of hydrogen-bond acceptors (Lipinski definition) is 3. The maximum absolute atomic E-state index is 11.5. The Hall–Kier alpha value is -1.10. The number of unbranched alkanes of at least 4 members (excludes halogenated alkanes) is 1. The molecule has 0 aromatic heterocycles. The Bertz CT molecular complexity index is 273. The highest BCUT2D eigenvalue weighted by Crippen LogP contribution is 2.11. The summed E-state index contributed by atoms with van der Waals surface area (Å²) in [5.41, 5.74) is 0. The molecule has 0 radical (unpaired) electrons. The second-order valence-corrected chi connectivity index (χ2v) is 4.93. The van der Waals surface area contributed by atoms with Crippen molar-refractivity contribution in [2.75, 3.05) is 19.6 Å². The Labute approximate surface area is 109 Å². The molecule has 1 heterocycles. The Morgan fingerprint density at radius 3 is 2.50 bits per heavy atom. The smallest absolute Gasteiger partial charge is 0.303 e. The number of aliphatic carboxylic acids is 1. The van der Waals surface area contributed by atoms with Crippen LogP contribution in [0.3, 0.4) is 0 Å². The minimum absolute atomic E-state index is 0.0822. The molecule has 0 atom stereocenters. The van der Waals surface area contributed by atoms with E-state index >= 15 is 0 Å². The highest BCUT2D eigenvalue weighted by molar-refractivity contribution is 5.80. The van der Waals surface area contributed by atoms with Crippen LogP contribution < -0.4 is 5.32 Å². The van der Waals surface area contributed by atoms with E-state index in [1.54, 1.807) is 0 Å². The summed E-state index contributed by atoms with van der Waals surface area (Å²) in [6.45, 7) is 5.40. The van der Waals surface area contributed by atoms with Crippen molar-refractivity contribution in [2.24, 2.45) is 0 Å². The van der Waals surface area contributed by atoms with E-state index < -0.39 is 5.97 Å².